The number of anilines is 1. The van der Waals surface area contributed by atoms with Crippen molar-refractivity contribution in [2.24, 2.45) is 0 Å². The lowest BCUT2D eigenvalue weighted by molar-refractivity contribution is -0.114. The summed E-state index contributed by atoms with van der Waals surface area (Å²) >= 11 is 5.90. The lowest BCUT2D eigenvalue weighted by Crippen LogP contribution is -2.28. The first-order valence-corrected chi connectivity index (χ1v) is 7.81. The van der Waals surface area contributed by atoms with Crippen LogP contribution in [0.5, 0.6) is 0 Å². The van der Waals surface area contributed by atoms with Gasteiger partial charge in [0.2, 0.25) is 5.91 Å². The molecule has 0 aliphatic carbocycles. The molecule has 0 heterocycles. The van der Waals surface area contributed by atoms with Gasteiger partial charge in [-0.05, 0) is 42.3 Å². The molecule has 2 N–H and O–H groups in total. The molecule has 2 rings (SSSR count). The van der Waals surface area contributed by atoms with Gasteiger partial charge >= 0.3 is 0 Å². The van der Waals surface area contributed by atoms with Gasteiger partial charge in [0.1, 0.15) is 0 Å². The van der Waals surface area contributed by atoms with Gasteiger partial charge in [-0.25, -0.2) is 0 Å². The first-order valence-electron chi connectivity index (χ1n) is 7.43. The molecule has 4 nitrogen and oxygen atoms in total. The third-order valence-electron chi connectivity index (χ3n) is 3.43. The first kappa shape index (κ1) is 17.0. The second-order valence-electron chi connectivity index (χ2n) is 5.25. The second-order valence-corrected chi connectivity index (χ2v) is 5.68. The van der Waals surface area contributed by atoms with Gasteiger partial charge in [0, 0.05) is 23.2 Å². The molecule has 2 aromatic rings. The van der Waals surface area contributed by atoms with Crippen molar-refractivity contribution in [1.82, 2.24) is 5.32 Å². The van der Waals surface area contributed by atoms with Crippen LogP contribution < -0.4 is 10.6 Å². The van der Waals surface area contributed by atoms with Crippen molar-refractivity contribution in [3.63, 3.8) is 0 Å². The number of benzene rings is 2. The normalized spacial score (nSPS) is 11.6. The molecule has 0 spiro atoms. The minimum absolute atomic E-state index is 0.0933. The molecule has 0 saturated carbocycles. The molecule has 0 aromatic heterocycles. The van der Waals surface area contributed by atoms with Crippen LogP contribution in [0.3, 0.4) is 0 Å². The fourth-order valence-electron chi connectivity index (χ4n) is 2.30. The molecule has 2 amide bonds. The van der Waals surface area contributed by atoms with E-state index in [9.17, 15) is 9.59 Å². The number of amides is 2. The monoisotopic (exact) mass is 330 g/mol. The molecule has 2 aromatic carbocycles. The molecule has 0 aliphatic rings. The van der Waals surface area contributed by atoms with Crippen LogP contribution in [0, 0.1) is 0 Å². The molecular formula is C18H19ClN2O2. The van der Waals surface area contributed by atoms with Crippen LogP contribution in [-0.2, 0) is 4.79 Å². The first-order chi connectivity index (χ1) is 11.0. The fourth-order valence-corrected chi connectivity index (χ4v) is 2.43. The fraction of sp³-hybridized carbons (Fsp3) is 0.222. The highest BCUT2D eigenvalue weighted by molar-refractivity contribution is 6.30. The maximum absolute atomic E-state index is 12.4. The highest BCUT2D eigenvalue weighted by atomic mass is 35.5. The van der Waals surface area contributed by atoms with E-state index >= 15 is 0 Å². The Balaban J connectivity index is 2.13. The summed E-state index contributed by atoms with van der Waals surface area (Å²) in [5.74, 6) is -0.353. The molecular weight excluding hydrogens is 312 g/mol. The molecule has 23 heavy (non-hydrogen) atoms. The summed E-state index contributed by atoms with van der Waals surface area (Å²) in [5, 5.41) is 6.34. The Morgan fingerprint density at radius 2 is 1.83 bits per heavy atom. The zero-order valence-electron chi connectivity index (χ0n) is 13.1. The summed E-state index contributed by atoms with van der Waals surface area (Å²) in [6, 6.07) is 14.2. The lowest BCUT2D eigenvalue weighted by Gasteiger charge is -2.18. The standard InChI is InChI=1S/C18H19ClN2O2/c1-3-17(13-7-9-15(19)10-8-13)21-18(23)14-5-4-6-16(11-14)20-12(2)22/h4-11,17H,3H2,1-2H3,(H,20,22)(H,21,23). The van der Waals surface area contributed by atoms with Crippen LogP contribution in [0.15, 0.2) is 48.5 Å². The van der Waals surface area contributed by atoms with Crippen LogP contribution in [0.2, 0.25) is 5.02 Å². The van der Waals surface area contributed by atoms with Gasteiger partial charge in [-0.3, -0.25) is 9.59 Å². The average molecular weight is 331 g/mol. The zero-order valence-corrected chi connectivity index (χ0v) is 13.9. The summed E-state index contributed by atoms with van der Waals surface area (Å²) in [7, 11) is 0. The Hall–Kier alpha value is -2.33. The number of hydrogen-bond donors (Lipinski definition) is 2. The lowest BCUT2D eigenvalue weighted by atomic mass is 10.0. The SMILES string of the molecule is CCC(NC(=O)c1cccc(NC(C)=O)c1)c1ccc(Cl)cc1. The largest absolute Gasteiger partial charge is 0.345 e. The van der Waals surface area contributed by atoms with Crippen molar-refractivity contribution in [2.75, 3.05) is 5.32 Å². The van der Waals surface area contributed by atoms with E-state index in [1.807, 2.05) is 31.2 Å². The highest BCUT2D eigenvalue weighted by Crippen LogP contribution is 2.20. The molecule has 0 bridgehead atoms. The third-order valence-corrected chi connectivity index (χ3v) is 3.68. The quantitative estimate of drug-likeness (QED) is 0.864. The van der Waals surface area contributed by atoms with E-state index in [0.717, 1.165) is 12.0 Å². The van der Waals surface area contributed by atoms with Crippen LogP contribution in [0.25, 0.3) is 0 Å². The molecule has 5 heteroatoms. The maximum Gasteiger partial charge on any atom is 0.251 e. The van der Waals surface area contributed by atoms with Gasteiger partial charge in [-0.2, -0.15) is 0 Å². The van der Waals surface area contributed by atoms with Crippen LogP contribution in [-0.4, -0.2) is 11.8 Å². The second kappa shape index (κ2) is 7.79. The van der Waals surface area contributed by atoms with Crippen molar-refractivity contribution < 1.29 is 9.59 Å². The summed E-state index contributed by atoms with van der Waals surface area (Å²) in [5.41, 5.74) is 2.11. The molecule has 0 fully saturated rings. The van der Waals surface area contributed by atoms with Gasteiger partial charge < -0.3 is 10.6 Å². The summed E-state index contributed by atoms with van der Waals surface area (Å²) in [6.07, 6.45) is 0.763. The van der Waals surface area contributed by atoms with E-state index in [1.165, 1.54) is 6.92 Å². The Labute approximate surface area is 140 Å². The zero-order chi connectivity index (χ0) is 16.8. The van der Waals surface area contributed by atoms with Crippen molar-refractivity contribution >= 4 is 29.1 Å². The topological polar surface area (TPSA) is 58.2 Å². The van der Waals surface area contributed by atoms with Crippen molar-refractivity contribution in [3.05, 3.63) is 64.7 Å². The molecule has 0 aliphatic heterocycles. The van der Waals surface area contributed by atoms with Crippen molar-refractivity contribution in [2.45, 2.75) is 26.3 Å². The van der Waals surface area contributed by atoms with Gasteiger partial charge in [0.15, 0.2) is 0 Å². The van der Waals surface area contributed by atoms with Crippen LogP contribution in [0.4, 0.5) is 5.69 Å². The van der Waals surface area contributed by atoms with E-state index in [-0.39, 0.29) is 17.9 Å². The van der Waals surface area contributed by atoms with E-state index < -0.39 is 0 Å². The number of carbonyl (C=O) groups excluding carboxylic acids is 2. The van der Waals surface area contributed by atoms with Gasteiger partial charge in [0.05, 0.1) is 6.04 Å². The van der Waals surface area contributed by atoms with Gasteiger partial charge in [0.25, 0.3) is 5.91 Å². The molecule has 0 saturated heterocycles. The Morgan fingerprint density at radius 3 is 2.43 bits per heavy atom. The van der Waals surface area contributed by atoms with E-state index in [4.69, 9.17) is 11.6 Å². The van der Waals surface area contributed by atoms with E-state index in [1.54, 1.807) is 24.3 Å². The van der Waals surface area contributed by atoms with Crippen molar-refractivity contribution in [3.8, 4) is 0 Å². The number of nitrogens with one attached hydrogen (secondary N) is 2. The van der Waals surface area contributed by atoms with Crippen LogP contribution >= 0.6 is 11.6 Å². The summed E-state index contributed by atoms with van der Waals surface area (Å²) in [4.78, 5) is 23.6. The third kappa shape index (κ3) is 4.83. The van der Waals surface area contributed by atoms with E-state index in [0.29, 0.717) is 16.3 Å². The summed E-state index contributed by atoms with van der Waals surface area (Å²) < 4.78 is 0. The van der Waals surface area contributed by atoms with Crippen LogP contribution in [0.1, 0.15) is 42.2 Å². The van der Waals surface area contributed by atoms with Gasteiger partial charge in [-0.15, -0.1) is 0 Å². The number of carbonyl (C=O) groups is 2. The Morgan fingerprint density at radius 1 is 1.13 bits per heavy atom. The van der Waals surface area contributed by atoms with Gasteiger partial charge in [-0.1, -0.05) is 36.7 Å². The minimum atomic E-state index is -0.181. The molecule has 1 atom stereocenters. The van der Waals surface area contributed by atoms with E-state index in [2.05, 4.69) is 10.6 Å². The number of rotatable bonds is 5. The molecule has 0 radical (unpaired) electrons. The molecule has 120 valence electrons. The predicted octanol–water partition coefficient (Wildman–Crippen LogP) is 4.18. The molecule has 1 unspecified atom stereocenters. The number of hydrogen-bond acceptors (Lipinski definition) is 2. The Kier molecular flexibility index (Phi) is 5.77. The highest BCUT2D eigenvalue weighted by Gasteiger charge is 2.14. The smallest absolute Gasteiger partial charge is 0.251 e. The maximum atomic E-state index is 12.4. The predicted molar refractivity (Wildman–Crippen MR) is 92.7 cm³/mol. The average Bonchev–Trinajstić information content (AvgIpc) is 2.53. The Bertz CT molecular complexity index is 698. The summed E-state index contributed by atoms with van der Waals surface area (Å²) in [6.45, 7) is 3.44. The minimum Gasteiger partial charge on any atom is -0.345 e. The van der Waals surface area contributed by atoms with Crippen molar-refractivity contribution in [1.29, 1.82) is 0 Å². The number of halogens is 1.